The van der Waals surface area contributed by atoms with Gasteiger partial charge in [0, 0.05) is 5.41 Å². The minimum Gasteiger partial charge on any atom is -0.498 e. The number of ether oxygens (including phenoxy) is 1. The fourth-order valence-electron chi connectivity index (χ4n) is 1.87. The van der Waals surface area contributed by atoms with Gasteiger partial charge in [0.15, 0.2) is 0 Å². The van der Waals surface area contributed by atoms with Crippen LogP contribution < -0.4 is 0 Å². The normalized spacial score (nSPS) is 35.7. The molecule has 1 aliphatic carbocycles. The third kappa shape index (κ3) is 0.764. The summed E-state index contributed by atoms with van der Waals surface area (Å²) in [5.41, 5.74) is 0.442. The number of rotatable bonds is 0. The highest BCUT2D eigenvalue weighted by Crippen LogP contribution is 2.57. The molecule has 2 aliphatic rings. The van der Waals surface area contributed by atoms with Crippen LogP contribution in [0.5, 0.6) is 0 Å². The molecule has 1 atom stereocenters. The van der Waals surface area contributed by atoms with E-state index in [-0.39, 0.29) is 0 Å². The summed E-state index contributed by atoms with van der Waals surface area (Å²) < 4.78 is 5.47. The standard InChI is InChI=1S/C9H14O/c1-7-5-9(3-4-9)8(2)10-6-7/h7H,2-6H2,1H3. The molecule has 2 rings (SSSR count). The molecule has 1 nitrogen and oxygen atoms in total. The molecule has 0 aromatic carbocycles. The van der Waals surface area contributed by atoms with Crippen LogP contribution in [0.25, 0.3) is 0 Å². The van der Waals surface area contributed by atoms with Crippen LogP contribution in [0.3, 0.4) is 0 Å². The van der Waals surface area contributed by atoms with Crippen molar-refractivity contribution in [2.45, 2.75) is 26.2 Å². The van der Waals surface area contributed by atoms with Gasteiger partial charge in [-0.15, -0.1) is 0 Å². The van der Waals surface area contributed by atoms with E-state index in [1.807, 2.05) is 0 Å². The van der Waals surface area contributed by atoms with Gasteiger partial charge in [-0.1, -0.05) is 13.5 Å². The quantitative estimate of drug-likeness (QED) is 0.499. The van der Waals surface area contributed by atoms with Crippen LogP contribution >= 0.6 is 0 Å². The molecule has 2 fully saturated rings. The second-order valence-electron chi connectivity index (χ2n) is 3.82. The van der Waals surface area contributed by atoms with Crippen LogP contribution in [0.15, 0.2) is 12.3 Å². The number of hydrogen-bond donors (Lipinski definition) is 0. The molecule has 56 valence electrons. The topological polar surface area (TPSA) is 9.23 Å². The van der Waals surface area contributed by atoms with Gasteiger partial charge < -0.3 is 4.74 Å². The minimum atomic E-state index is 0.442. The van der Waals surface area contributed by atoms with E-state index in [0.29, 0.717) is 5.41 Å². The van der Waals surface area contributed by atoms with E-state index in [4.69, 9.17) is 4.74 Å². The molecule has 0 bridgehead atoms. The summed E-state index contributed by atoms with van der Waals surface area (Å²) in [6, 6.07) is 0. The maximum Gasteiger partial charge on any atom is 0.0950 e. The van der Waals surface area contributed by atoms with Crippen LogP contribution in [0, 0.1) is 11.3 Å². The van der Waals surface area contributed by atoms with Crippen molar-refractivity contribution >= 4 is 0 Å². The second-order valence-corrected chi connectivity index (χ2v) is 3.82. The maximum atomic E-state index is 5.47. The molecule has 1 spiro atoms. The fourth-order valence-corrected chi connectivity index (χ4v) is 1.87. The minimum absolute atomic E-state index is 0.442. The van der Waals surface area contributed by atoms with Crippen molar-refractivity contribution in [3.63, 3.8) is 0 Å². The van der Waals surface area contributed by atoms with Crippen molar-refractivity contribution in [2.75, 3.05) is 6.61 Å². The van der Waals surface area contributed by atoms with Gasteiger partial charge in [-0.3, -0.25) is 0 Å². The summed E-state index contributed by atoms with van der Waals surface area (Å²) in [4.78, 5) is 0. The van der Waals surface area contributed by atoms with Crippen molar-refractivity contribution in [2.24, 2.45) is 11.3 Å². The molecule has 1 heteroatoms. The van der Waals surface area contributed by atoms with Crippen molar-refractivity contribution in [1.29, 1.82) is 0 Å². The summed E-state index contributed by atoms with van der Waals surface area (Å²) in [5.74, 6) is 1.80. The molecule has 1 saturated heterocycles. The molecule has 1 aliphatic heterocycles. The highest BCUT2D eigenvalue weighted by atomic mass is 16.5. The lowest BCUT2D eigenvalue weighted by molar-refractivity contribution is 0.0779. The summed E-state index contributed by atoms with van der Waals surface area (Å²) in [7, 11) is 0. The Bertz CT molecular complexity index is 168. The van der Waals surface area contributed by atoms with Gasteiger partial charge in [0.1, 0.15) is 0 Å². The van der Waals surface area contributed by atoms with Gasteiger partial charge in [-0.2, -0.15) is 0 Å². The van der Waals surface area contributed by atoms with E-state index >= 15 is 0 Å². The Morgan fingerprint density at radius 3 is 2.80 bits per heavy atom. The van der Waals surface area contributed by atoms with Gasteiger partial charge >= 0.3 is 0 Å². The Labute approximate surface area is 62.1 Å². The highest BCUT2D eigenvalue weighted by Gasteiger charge is 2.49. The molecular formula is C9H14O. The Balaban J connectivity index is 2.10. The van der Waals surface area contributed by atoms with Crippen LogP contribution in [-0.4, -0.2) is 6.61 Å². The lowest BCUT2D eigenvalue weighted by Gasteiger charge is -2.29. The lowest BCUT2D eigenvalue weighted by atomic mass is 9.90. The molecule has 10 heavy (non-hydrogen) atoms. The summed E-state index contributed by atoms with van der Waals surface area (Å²) in [5, 5.41) is 0. The average Bonchev–Trinajstić information content (AvgIpc) is 2.62. The van der Waals surface area contributed by atoms with Gasteiger partial charge in [0.2, 0.25) is 0 Å². The van der Waals surface area contributed by atoms with Crippen molar-refractivity contribution in [3.05, 3.63) is 12.3 Å². The van der Waals surface area contributed by atoms with Gasteiger partial charge in [0.05, 0.1) is 12.4 Å². The molecule has 0 radical (unpaired) electrons. The smallest absolute Gasteiger partial charge is 0.0950 e. The lowest BCUT2D eigenvalue weighted by Crippen LogP contribution is -2.22. The summed E-state index contributed by atoms with van der Waals surface area (Å²) in [6.45, 7) is 7.09. The largest absolute Gasteiger partial charge is 0.498 e. The van der Waals surface area contributed by atoms with Gasteiger partial charge in [-0.25, -0.2) is 0 Å². The van der Waals surface area contributed by atoms with Crippen LogP contribution in [0.1, 0.15) is 26.2 Å². The van der Waals surface area contributed by atoms with E-state index in [1.165, 1.54) is 19.3 Å². The Hall–Kier alpha value is -0.460. The van der Waals surface area contributed by atoms with Crippen LogP contribution in [-0.2, 0) is 4.74 Å². The second kappa shape index (κ2) is 1.77. The third-order valence-corrected chi connectivity index (χ3v) is 2.73. The van der Waals surface area contributed by atoms with Crippen molar-refractivity contribution < 1.29 is 4.74 Å². The van der Waals surface area contributed by atoms with E-state index < -0.39 is 0 Å². The monoisotopic (exact) mass is 138 g/mol. The Kier molecular flexibility index (Phi) is 1.11. The van der Waals surface area contributed by atoms with Crippen LogP contribution in [0.4, 0.5) is 0 Å². The number of allylic oxidation sites excluding steroid dienone is 1. The zero-order valence-electron chi connectivity index (χ0n) is 6.52. The zero-order valence-corrected chi connectivity index (χ0v) is 6.52. The molecule has 0 N–H and O–H groups in total. The SMILES string of the molecule is C=C1OCC(C)CC12CC2. The van der Waals surface area contributed by atoms with E-state index in [2.05, 4.69) is 13.5 Å². The molecule has 1 unspecified atom stereocenters. The molecule has 0 aromatic heterocycles. The average molecular weight is 138 g/mol. The first-order valence-electron chi connectivity index (χ1n) is 4.05. The van der Waals surface area contributed by atoms with Gasteiger partial charge in [-0.05, 0) is 25.2 Å². The van der Waals surface area contributed by atoms with E-state index in [0.717, 1.165) is 18.3 Å². The molecule has 1 heterocycles. The van der Waals surface area contributed by atoms with E-state index in [1.54, 1.807) is 0 Å². The third-order valence-electron chi connectivity index (χ3n) is 2.73. The molecule has 1 saturated carbocycles. The molecular weight excluding hydrogens is 124 g/mol. The van der Waals surface area contributed by atoms with Gasteiger partial charge in [0.25, 0.3) is 0 Å². The van der Waals surface area contributed by atoms with Crippen LogP contribution in [0.2, 0.25) is 0 Å². The highest BCUT2D eigenvalue weighted by molar-refractivity contribution is 5.15. The number of hydrogen-bond acceptors (Lipinski definition) is 1. The Morgan fingerprint density at radius 2 is 2.30 bits per heavy atom. The Morgan fingerprint density at radius 1 is 1.60 bits per heavy atom. The predicted molar refractivity (Wildman–Crippen MR) is 40.5 cm³/mol. The summed E-state index contributed by atoms with van der Waals surface area (Å²) in [6.07, 6.45) is 3.94. The molecule has 0 amide bonds. The molecule has 0 aromatic rings. The first kappa shape index (κ1) is 6.26. The maximum absolute atomic E-state index is 5.47. The first-order valence-corrected chi connectivity index (χ1v) is 4.05. The van der Waals surface area contributed by atoms with Crippen molar-refractivity contribution in [1.82, 2.24) is 0 Å². The van der Waals surface area contributed by atoms with E-state index in [9.17, 15) is 0 Å². The summed E-state index contributed by atoms with van der Waals surface area (Å²) >= 11 is 0. The fraction of sp³-hybridized carbons (Fsp3) is 0.778. The first-order chi connectivity index (χ1) is 4.73. The predicted octanol–water partition coefficient (Wildman–Crippen LogP) is 2.34. The zero-order chi connectivity index (χ0) is 7.19. The van der Waals surface area contributed by atoms with Crippen molar-refractivity contribution in [3.8, 4) is 0 Å².